The second kappa shape index (κ2) is 5.37. The molecule has 7 heteroatoms. The SMILES string of the molecule is N#Cc1ccc2c(ccc3nc(C(=O)O)cn32)c1Nc1cccs1. The third kappa shape index (κ3) is 2.17. The summed E-state index contributed by atoms with van der Waals surface area (Å²) in [5.41, 5.74) is 2.54. The lowest BCUT2D eigenvalue weighted by atomic mass is 10.1. The zero-order chi connectivity index (χ0) is 16.7. The number of anilines is 2. The Morgan fingerprint density at radius 2 is 2.17 bits per heavy atom. The Labute approximate surface area is 140 Å². The van der Waals surface area contributed by atoms with Crippen LogP contribution in [0.5, 0.6) is 0 Å². The largest absolute Gasteiger partial charge is 0.476 e. The fourth-order valence-corrected chi connectivity index (χ4v) is 3.28. The molecule has 3 heterocycles. The van der Waals surface area contributed by atoms with E-state index in [1.54, 1.807) is 22.6 Å². The van der Waals surface area contributed by atoms with Crippen LogP contribution in [-0.4, -0.2) is 20.5 Å². The van der Waals surface area contributed by atoms with Gasteiger partial charge in [-0.15, -0.1) is 11.3 Å². The van der Waals surface area contributed by atoms with Crippen molar-refractivity contribution in [2.45, 2.75) is 0 Å². The van der Waals surface area contributed by atoms with Crippen molar-refractivity contribution in [1.29, 1.82) is 5.26 Å². The van der Waals surface area contributed by atoms with Gasteiger partial charge in [0.2, 0.25) is 0 Å². The van der Waals surface area contributed by atoms with Gasteiger partial charge in [0.05, 0.1) is 21.8 Å². The van der Waals surface area contributed by atoms with Gasteiger partial charge in [-0.2, -0.15) is 5.26 Å². The molecule has 0 aliphatic heterocycles. The number of nitriles is 1. The van der Waals surface area contributed by atoms with Crippen LogP contribution in [-0.2, 0) is 0 Å². The number of aromatic carboxylic acids is 1. The third-order valence-electron chi connectivity index (χ3n) is 3.72. The number of thiophene rings is 1. The van der Waals surface area contributed by atoms with Crippen LogP contribution in [0.3, 0.4) is 0 Å². The standard InChI is InChI=1S/C17H10N4O2S/c18-8-10-3-5-13-11(16(10)20-15-2-1-7-24-15)4-6-14-19-12(17(22)23)9-21(13)14/h1-7,9,20H,(H,22,23). The Balaban J connectivity index is 2.00. The van der Waals surface area contributed by atoms with Gasteiger partial charge < -0.3 is 10.4 Å². The van der Waals surface area contributed by atoms with Crippen LogP contribution in [0.15, 0.2) is 48.0 Å². The number of nitrogens with zero attached hydrogens (tertiary/aromatic N) is 3. The summed E-state index contributed by atoms with van der Waals surface area (Å²) in [6, 6.07) is 13.2. The number of pyridine rings is 1. The minimum atomic E-state index is -1.07. The first-order valence-corrected chi connectivity index (χ1v) is 7.94. The summed E-state index contributed by atoms with van der Waals surface area (Å²) in [5, 5.41) is 25.5. The molecule has 0 atom stereocenters. The van der Waals surface area contributed by atoms with Gasteiger partial charge in [-0.3, -0.25) is 4.40 Å². The monoisotopic (exact) mass is 334 g/mol. The number of benzene rings is 1. The first-order valence-electron chi connectivity index (χ1n) is 7.06. The highest BCUT2D eigenvalue weighted by molar-refractivity contribution is 7.14. The quantitative estimate of drug-likeness (QED) is 0.593. The van der Waals surface area contributed by atoms with Crippen LogP contribution in [0, 0.1) is 11.3 Å². The molecule has 4 rings (SSSR count). The van der Waals surface area contributed by atoms with Crippen molar-refractivity contribution < 1.29 is 9.90 Å². The highest BCUT2D eigenvalue weighted by Crippen LogP contribution is 2.32. The predicted molar refractivity (Wildman–Crippen MR) is 92.0 cm³/mol. The molecule has 2 N–H and O–H groups in total. The molecule has 0 aliphatic carbocycles. The topological polar surface area (TPSA) is 90.4 Å². The molecule has 0 fully saturated rings. The Bertz CT molecular complexity index is 1120. The Morgan fingerprint density at radius 3 is 2.88 bits per heavy atom. The molecule has 0 bridgehead atoms. The first-order chi connectivity index (χ1) is 11.7. The predicted octanol–water partition coefficient (Wildman–Crippen LogP) is 3.86. The maximum atomic E-state index is 11.2. The van der Waals surface area contributed by atoms with Crippen LogP contribution in [0.2, 0.25) is 0 Å². The summed E-state index contributed by atoms with van der Waals surface area (Å²) in [7, 11) is 0. The van der Waals surface area contributed by atoms with E-state index in [2.05, 4.69) is 16.4 Å². The van der Waals surface area contributed by atoms with Gasteiger partial charge in [-0.25, -0.2) is 9.78 Å². The van der Waals surface area contributed by atoms with Gasteiger partial charge in [-0.1, -0.05) is 0 Å². The molecule has 3 aromatic heterocycles. The lowest BCUT2D eigenvalue weighted by Crippen LogP contribution is -1.96. The van der Waals surface area contributed by atoms with E-state index in [4.69, 9.17) is 5.11 Å². The summed E-state index contributed by atoms with van der Waals surface area (Å²) in [6.45, 7) is 0. The molecule has 0 saturated carbocycles. The fraction of sp³-hybridized carbons (Fsp3) is 0. The van der Waals surface area contributed by atoms with Crippen LogP contribution < -0.4 is 5.32 Å². The lowest BCUT2D eigenvalue weighted by Gasteiger charge is -2.11. The molecule has 0 spiro atoms. The normalized spacial score (nSPS) is 10.8. The lowest BCUT2D eigenvalue weighted by molar-refractivity contribution is 0.0691. The Hall–Kier alpha value is -3.37. The van der Waals surface area contributed by atoms with Gasteiger partial charge in [0.25, 0.3) is 0 Å². The zero-order valence-electron chi connectivity index (χ0n) is 12.2. The average molecular weight is 334 g/mol. The molecule has 0 unspecified atom stereocenters. The van der Waals surface area contributed by atoms with E-state index in [1.165, 1.54) is 17.5 Å². The van der Waals surface area contributed by atoms with Crippen molar-refractivity contribution in [3.63, 3.8) is 0 Å². The Morgan fingerprint density at radius 1 is 1.29 bits per heavy atom. The average Bonchev–Trinajstić information content (AvgIpc) is 3.24. The molecule has 0 aliphatic rings. The fourth-order valence-electron chi connectivity index (χ4n) is 2.65. The summed E-state index contributed by atoms with van der Waals surface area (Å²) in [6.07, 6.45) is 1.49. The maximum Gasteiger partial charge on any atom is 0.356 e. The summed E-state index contributed by atoms with van der Waals surface area (Å²) < 4.78 is 1.72. The summed E-state index contributed by atoms with van der Waals surface area (Å²) >= 11 is 1.54. The van der Waals surface area contributed by atoms with Crippen molar-refractivity contribution in [3.05, 3.63) is 59.2 Å². The van der Waals surface area contributed by atoms with Crippen molar-refractivity contribution >= 4 is 44.5 Å². The molecule has 6 nitrogen and oxygen atoms in total. The smallest absolute Gasteiger partial charge is 0.356 e. The molecule has 24 heavy (non-hydrogen) atoms. The van der Waals surface area contributed by atoms with Gasteiger partial charge in [0.1, 0.15) is 11.7 Å². The van der Waals surface area contributed by atoms with E-state index in [9.17, 15) is 10.1 Å². The van der Waals surface area contributed by atoms with Gasteiger partial charge in [0.15, 0.2) is 5.69 Å². The van der Waals surface area contributed by atoms with E-state index < -0.39 is 5.97 Å². The number of carbonyl (C=O) groups is 1. The second-order valence-electron chi connectivity index (χ2n) is 5.13. The minimum absolute atomic E-state index is 0.0142. The highest BCUT2D eigenvalue weighted by Gasteiger charge is 2.14. The summed E-state index contributed by atoms with van der Waals surface area (Å²) in [5.74, 6) is -1.07. The Kier molecular flexibility index (Phi) is 3.18. The molecular weight excluding hydrogens is 324 g/mol. The summed E-state index contributed by atoms with van der Waals surface area (Å²) in [4.78, 5) is 15.2. The van der Waals surface area contributed by atoms with E-state index >= 15 is 0 Å². The number of aromatic nitrogens is 2. The van der Waals surface area contributed by atoms with Crippen LogP contribution in [0.25, 0.3) is 16.6 Å². The van der Waals surface area contributed by atoms with Crippen molar-refractivity contribution in [2.24, 2.45) is 0 Å². The van der Waals surface area contributed by atoms with Crippen LogP contribution in [0.1, 0.15) is 16.1 Å². The van der Waals surface area contributed by atoms with Gasteiger partial charge in [-0.05, 0) is 41.8 Å². The van der Waals surface area contributed by atoms with Crippen molar-refractivity contribution in [2.75, 3.05) is 5.32 Å². The van der Waals surface area contributed by atoms with E-state index in [0.717, 1.165) is 15.9 Å². The number of carboxylic acids is 1. The number of fused-ring (bicyclic) bond motifs is 3. The van der Waals surface area contributed by atoms with Gasteiger partial charge >= 0.3 is 5.97 Å². The molecule has 1 aromatic carbocycles. The second-order valence-corrected chi connectivity index (χ2v) is 6.08. The van der Waals surface area contributed by atoms with E-state index in [-0.39, 0.29) is 5.69 Å². The molecule has 0 radical (unpaired) electrons. The third-order valence-corrected chi connectivity index (χ3v) is 4.51. The highest BCUT2D eigenvalue weighted by atomic mass is 32.1. The maximum absolute atomic E-state index is 11.2. The number of imidazole rings is 1. The van der Waals surface area contributed by atoms with Crippen LogP contribution in [0.4, 0.5) is 10.7 Å². The first kappa shape index (κ1) is 14.2. The molecule has 0 saturated heterocycles. The molecule has 0 amide bonds. The number of hydrogen-bond acceptors (Lipinski definition) is 5. The van der Waals surface area contributed by atoms with Gasteiger partial charge in [0, 0.05) is 11.6 Å². The number of hydrogen-bond donors (Lipinski definition) is 2. The number of carboxylic acid groups (broad SMARTS) is 1. The van der Waals surface area contributed by atoms with Crippen LogP contribution >= 0.6 is 11.3 Å². The molecule has 116 valence electrons. The zero-order valence-corrected chi connectivity index (χ0v) is 13.0. The number of rotatable bonds is 3. The van der Waals surface area contributed by atoms with Crippen molar-refractivity contribution in [1.82, 2.24) is 9.38 Å². The van der Waals surface area contributed by atoms with E-state index in [1.807, 2.05) is 23.6 Å². The van der Waals surface area contributed by atoms with E-state index in [0.29, 0.717) is 16.9 Å². The number of nitrogens with one attached hydrogen (secondary N) is 1. The minimum Gasteiger partial charge on any atom is -0.476 e. The molecular formula is C17H10N4O2S. The van der Waals surface area contributed by atoms with Crippen molar-refractivity contribution in [3.8, 4) is 6.07 Å². The molecule has 4 aromatic rings.